The number of rotatable bonds is 4. The Labute approximate surface area is 74.7 Å². The molecule has 1 N–H and O–H groups in total. The molecule has 0 amide bonds. The molecule has 0 unspecified atom stereocenters. The molecule has 0 aliphatic rings. The minimum absolute atomic E-state index is 0.143. The van der Waals surface area contributed by atoms with Crippen LogP contribution in [0.25, 0.3) is 0 Å². The summed E-state index contributed by atoms with van der Waals surface area (Å²) in [4.78, 5) is 11.8. The van der Waals surface area contributed by atoms with E-state index in [-0.39, 0.29) is 11.5 Å². The van der Waals surface area contributed by atoms with Crippen LogP contribution >= 0.6 is 11.6 Å². The van der Waals surface area contributed by atoms with E-state index in [4.69, 9.17) is 16.8 Å². The van der Waals surface area contributed by atoms with E-state index in [9.17, 15) is 4.79 Å². The smallest absolute Gasteiger partial charge is 0.184 e. The zero-order valence-electron chi connectivity index (χ0n) is 6.40. The summed E-state index contributed by atoms with van der Waals surface area (Å²) in [6.07, 6.45) is 2.33. The Bertz CT molecular complexity index is 272. The van der Waals surface area contributed by atoms with Crippen molar-refractivity contribution in [1.29, 1.82) is 0 Å². The monoisotopic (exact) mass is 188 g/mol. The molecular weight excluding hydrogens is 180 g/mol. The van der Waals surface area contributed by atoms with Gasteiger partial charge in [0.25, 0.3) is 0 Å². The van der Waals surface area contributed by atoms with Crippen LogP contribution in [-0.4, -0.2) is 26.8 Å². The Morgan fingerprint density at radius 1 is 1.75 bits per heavy atom. The number of carbonyl (C=O) groups is 1. The highest BCUT2D eigenvalue weighted by atomic mass is 35.5. The average molecular weight is 189 g/mol. The van der Waals surface area contributed by atoms with E-state index < -0.39 is 0 Å². The van der Waals surface area contributed by atoms with Gasteiger partial charge in [-0.05, 0) is 12.5 Å². The van der Waals surface area contributed by atoms with Crippen molar-refractivity contribution in [2.45, 2.75) is 12.8 Å². The molecule has 0 saturated heterocycles. The number of halogens is 1. The second-order valence-electron chi connectivity index (χ2n) is 2.32. The third kappa shape index (κ3) is 1.98. The van der Waals surface area contributed by atoms with Gasteiger partial charge in [-0.15, -0.1) is 16.7 Å². The highest BCUT2D eigenvalue weighted by molar-refractivity contribution is 6.18. The summed E-state index contributed by atoms with van der Waals surface area (Å²) in [7, 11) is 0. The van der Waals surface area contributed by atoms with Gasteiger partial charge in [-0.3, -0.25) is 4.79 Å². The van der Waals surface area contributed by atoms with Crippen LogP contribution in [0, 0.1) is 0 Å². The number of hydrogen-bond acceptors (Lipinski definition) is 3. The molecule has 0 aliphatic carbocycles. The van der Waals surface area contributed by atoms with Crippen LogP contribution in [0.4, 0.5) is 0 Å². The van der Waals surface area contributed by atoms with Gasteiger partial charge < -0.3 is 5.21 Å². The Hall–Kier alpha value is -1.03. The fourth-order valence-electron chi connectivity index (χ4n) is 0.856. The summed E-state index contributed by atoms with van der Waals surface area (Å²) in [6.45, 7) is 0. The Morgan fingerprint density at radius 3 is 3.00 bits per heavy atom. The third-order valence-corrected chi connectivity index (χ3v) is 1.71. The van der Waals surface area contributed by atoms with Crippen molar-refractivity contribution in [2.24, 2.45) is 0 Å². The molecule has 0 fully saturated rings. The van der Waals surface area contributed by atoms with E-state index in [1.165, 1.54) is 12.3 Å². The highest BCUT2D eigenvalue weighted by Crippen LogP contribution is 2.03. The Balaban J connectivity index is 2.59. The molecule has 12 heavy (non-hydrogen) atoms. The number of aromatic nitrogens is 2. The van der Waals surface area contributed by atoms with Crippen LogP contribution in [0.1, 0.15) is 23.3 Å². The predicted molar refractivity (Wildman–Crippen MR) is 43.7 cm³/mol. The number of nitrogens with zero attached hydrogens (tertiary/aromatic N) is 2. The van der Waals surface area contributed by atoms with Gasteiger partial charge in [-0.1, -0.05) is 4.85 Å². The van der Waals surface area contributed by atoms with Crippen LogP contribution in [-0.2, 0) is 0 Å². The molecule has 66 valence electrons. The maximum Gasteiger partial charge on any atom is 0.184 e. The lowest BCUT2D eigenvalue weighted by Gasteiger charge is -1.97. The minimum atomic E-state index is -0.143. The van der Waals surface area contributed by atoms with Gasteiger partial charge in [-0.25, -0.2) is 0 Å². The van der Waals surface area contributed by atoms with Gasteiger partial charge in [0.15, 0.2) is 5.78 Å². The lowest BCUT2D eigenvalue weighted by molar-refractivity contribution is 0.0899. The molecule has 0 atom stereocenters. The molecule has 1 aromatic rings. The largest absolute Gasteiger partial charge is 0.411 e. The molecule has 1 rings (SSSR count). The van der Waals surface area contributed by atoms with E-state index in [1.807, 2.05) is 0 Å². The standard InChI is InChI=1S/C7H9ClN2O2/c8-4-1-2-7(11)6-3-5-9-10(6)12/h3,5,12H,1-2,4H2. The molecule has 0 aliphatic heterocycles. The van der Waals surface area contributed by atoms with Gasteiger partial charge in [0.1, 0.15) is 5.69 Å². The van der Waals surface area contributed by atoms with E-state index in [0.717, 1.165) is 0 Å². The predicted octanol–water partition coefficient (Wildman–Crippen LogP) is 1.32. The summed E-state index contributed by atoms with van der Waals surface area (Å²) >= 11 is 5.41. The molecule has 1 aromatic heterocycles. The molecule has 5 heteroatoms. The van der Waals surface area contributed by atoms with Crippen molar-refractivity contribution in [3.63, 3.8) is 0 Å². The van der Waals surface area contributed by atoms with Crippen molar-refractivity contribution in [2.75, 3.05) is 5.88 Å². The first kappa shape index (κ1) is 9.06. The molecule has 4 nitrogen and oxygen atoms in total. The number of alkyl halides is 1. The Morgan fingerprint density at radius 2 is 2.50 bits per heavy atom. The highest BCUT2D eigenvalue weighted by Gasteiger charge is 2.10. The number of carbonyl (C=O) groups excluding carboxylic acids is 1. The van der Waals surface area contributed by atoms with Crippen LogP contribution in [0.3, 0.4) is 0 Å². The van der Waals surface area contributed by atoms with Crippen LogP contribution in [0.5, 0.6) is 0 Å². The fraction of sp³-hybridized carbons (Fsp3) is 0.429. The fourth-order valence-corrected chi connectivity index (χ4v) is 0.990. The van der Waals surface area contributed by atoms with Crippen molar-refractivity contribution in [1.82, 2.24) is 9.94 Å². The summed E-state index contributed by atoms with van der Waals surface area (Å²) in [6, 6.07) is 1.47. The van der Waals surface area contributed by atoms with E-state index >= 15 is 0 Å². The normalized spacial score (nSPS) is 10.1. The Kier molecular flexibility index (Phi) is 3.10. The number of Topliss-reactive ketones (excluding diaryl/α,β-unsaturated/α-hetero) is 1. The molecule has 0 spiro atoms. The van der Waals surface area contributed by atoms with E-state index in [2.05, 4.69) is 5.10 Å². The molecule has 0 saturated carbocycles. The van der Waals surface area contributed by atoms with Gasteiger partial charge >= 0.3 is 0 Å². The van der Waals surface area contributed by atoms with Crippen molar-refractivity contribution >= 4 is 17.4 Å². The second kappa shape index (κ2) is 4.11. The maximum atomic E-state index is 11.2. The van der Waals surface area contributed by atoms with Crippen molar-refractivity contribution in [3.05, 3.63) is 18.0 Å². The first-order valence-electron chi connectivity index (χ1n) is 3.58. The summed E-state index contributed by atoms with van der Waals surface area (Å²) < 4.78 is 0. The molecule has 0 aromatic carbocycles. The van der Waals surface area contributed by atoms with Gasteiger partial charge in [0, 0.05) is 12.3 Å². The minimum Gasteiger partial charge on any atom is -0.411 e. The van der Waals surface area contributed by atoms with Crippen molar-refractivity contribution < 1.29 is 10.0 Å². The summed E-state index contributed by atoms with van der Waals surface area (Å²) in [5.74, 6) is 0.307. The lowest BCUT2D eigenvalue weighted by Crippen LogP contribution is -2.07. The van der Waals surface area contributed by atoms with Crippen LogP contribution in [0.2, 0.25) is 0 Å². The van der Waals surface area contributed by atoms with Gasteiger partial charge in [0.2, 0.25) is 0 Å². The zero-order chi connectivity index (χ0) is 8.97. The van der Waals surface area contributed by atoms with Crippen LogP contribution in [0.15, 0.2) is 12.3 Å². The quantitative estimate of drug-likeness (QED) is 0.441. The van der Waals surface area contributed by atoms with Crippen molar-refractivity contribution in [3.8, 4) is 0 Å². The van der Waals surface area contributed by atoms with E-state index in [1.54, 1.807) is 0 Å². The van der Waals surface area contributed by atoms with Gasteiger partial charge in [-0.2, -0.15) is 0 Å². The summed E-state index contributed by atoms with van der Waals surface area (Å²) in [5, 5.41) is 12.4. The molecule has 0 radical (unpaired) electrons. The SMILES string of the molecule is O=C(CCCCl)c1ccnn1O. The zero-order valence-corrected chi connectivity index (χ0v) is 7.16. The lowest BCUT2D eigenvalue weighted by atomic mass is 10.2. The maximum absolute atomic E-state index is 11.2. The molecule has 0 bridgehead atoms. The molecular formula is C7H9ClN2O2. The van der Waals surface area contributed by atoms with Crippen LogP contribution < -0.4 is 0 Å². The first-order valence-corrected chi connectivity index (χ1v) is 4.11. The first-order chi connectivity index (χ1) is 5.75. The number of ketones is 1. The average Bonchev–Trinajstić information content (AvgIpc) is 2.47. The molecule has 1 heterocycles. The van der Waals surface area contributed by atoms with Gasteiger partial charge in [0.05, 0.1) is 6.20 Å². The summed E-state index contributed by atoms with van der Waals surface area (Å²) in [5.41, 5.74) is 0.208. The number of hydrogen-bond donors (Lipinski definition) is 1. The van der Waals surface area contributed by atoms with E-state index in [0.29, 0.717) is 23.6 Å². The third-order valence-electron chi connectivity index (χ3n) is 1.45. The second-order valence-corrected chi connectivity index (χ2v) is 2.70. The topological polar surface area (TPSA) is 55.1 Å².